The lowest BCUT2D eigenvalue weighted by atomic mass is 9.87. The maximum atomic E-state index is 2.25. The summed E-state index contributed by atoms with van der Waals surface area (Å²) in [5.74, 6) is 0. The van der Waals surface area contributed by atoms with Crippen LogP contribution in [0.5, 0.6) is 0 Å². The molecule has 0 aromatic heterocycles. The van der Waals surface area contributed by atoms with Gasteiger partial charge in [0.15, 0.2) is 0 Å². The molecule has 1 heteroatoms. The van der Waals surface area contributed by atoms with Crippen molar-refractivity contribution >= 4 is 0 Å². The highest BCUT2D eigenvalue weighted by Crippen LogP contribution is 2.31. The van der Waals surface area contributed by atoms with Gasteiger partial charge in [-0.3, -0.25) is 0 Å². The zero-order valence-electron chi connectivity index (χ0n) is 9.26. The van der Waals surface area contributed by atoms with E-state index in [9.17, 15) is 0 Å². The van der Waals surface area contributed by atoms with Crippen LogP contribution in [0.4, 0.5) is 0 Å². The van der Waals surface area contributed by atoms with Gasteiger partial charge >= 0.3 is 0 Å². The highest BCUT2D eigenvalue weighted by molar-refractivity contribution is 5.47. The van der Waals surface area contributed by atoms with Gasteiger partial charge < -0.3 is 4.90 Å². The van der Waals surface area contributed by atoms with E-state index < -0.39 is 0 Å². The Labute approximate surface area is 81.4 Å². The fourth-order valence-corrected chi connectivity index (χ4v) is 1.31. The second-order valence-electron chi connectivity index (χ2n) is 4.78. The van der Waals surface area contributed by atoms with E-state index in [1.54, 1.807) is 0 Å². The molecule has 0 radical (unpaired) electrons. The molecular formula is C12H19N. The van der Waals surface area contributed by atoms with Gasteiger partial charge in [0.05, 0.1) is 0 Å². The Kier molecular flexibility index (Phi) is 2.65. The SMILES string of the molecule is CN(C)/C=C1/C=CC(C(C)(C)C)=C1. The topological polar surface area (TPSA) is 3.24 Å². The lowest BCUT2D eigenvalue weighted by molar-refractivity contribution is 0.518. The molecule has 0 atom stereocenters. The van der Waals surface area contributed by atoms with Crippen LogP contribution in [0.1, 0.15) is 20.8 Å². The Morgan fingerprint density at radius 3 is 2.15 bits per heavy atom. The zero-order valence-corrected chi connectivity index (χ0v) is 9.26. The first-order chi connectivity index (χ1) is 5.89. The summed E-state index contributed by atoms with van der Waals surface area (Å²) in [7, 11) is 4.09. The minimum Gasteiger partial charge on any atom is -0.383 e. The van der Waals surface area contributed by atoms with Gasteiger partial charge in [-0.05, 0) is 22.6 Å². The summed E-state index contributed by atoms with van der Waals surface area (Å²) < 4.78 is 0. The minimum absolute atomic E-state index is 0.262. The average Bonchev–Trinajstić information content (AvgIpc) is 2.32. The number of nitrogens with zero attached hydrogens (tertiary/aromatic N) is 1. The molecule has 0 N–H and O–H groups in total. The first kappa shape index (κ1) is 10.1. The summed E-state index contributed by atoms with van der Waals surface area (Å²) in [4.78, 5) is 2.07. The number of rotatable bonds is 1. The Morgan fingerprint density at radius 1 is 1.15 bits per heavy atom. The third-order valence-electron chi connectivity index (χ3n) is 2.05. The van der Waals surface area contributed by atoms with E-state index in [0.29, 0.717) is 0 Å². The van der Waals surface area contributed by atoms with E-state index >= 15 is 0 Å². The second kappa shape index (κ2) is 3.41. The van der Waals surface area contributed by atoms with Crippen molar-refractivity contribution in [2.75, 3.05) is 14.1 Å². The van der Waals surface area contributed by atoms with E-state index in [1.165, 1.54) is 11.1 Å². The largest absolute Gasteiger partial charge is 0.383 e. The van der Waals surface area contributed by atoms with Crippen molar-refractivity contribution in [2.24, 2.45) is 5.41 Å². The quantitative estimate of drug-likeness (QED) is 0.595. The smallest absolute Gasteiger partial charge is 0.00587 e. The third-order valence-corrected chi connectivity index (χ3v) is 2.05. The van der Waals surface area contributed by atoms with Gasteiger partial charge in [-0.25, -0.2) is 0 Å². The van der Waals surface area contributed by atoms with Crippen LogP contribution < -0.4 is 0 Å². The summed E-state index contributed by atoms with van der Waals surface area (Å²) in [6.45, 7) is 6.71. The Balaban J connectivity index is 2.83. The molecule has 1 aliphatic carbocycles. The van der Waals surface area contributed by atoms with E-state index in [-0.39, 0.29) is 5.41 Å². The standard InChI is InChI=1S/C12H19N/c1-12(2,3)11-7-6-10(8-11)9-13(4)5/h6-9H,1-5H3/b10-9-. The van der Waals surface area contributed by atoms with Crippen molar-refractivity contribution in [3.63, 3.8) is 0 Å². The Hall–Kier alpha value is -0.980. The molecular weight excluding hydrogens is 158 g/mol. The Morgan fingerprint density at radius 2 is 1.77 bits per heavy atom. The number of hydrogen-bond donors (Lipinski definition) is 0. The zero-order chi connectivity index (χ0) is 10.1. The molecule has 0 aliphatic heterocycles. The van der Waals surface area contributed by atoms with Gasteiger partial charge in [0.25, 0.3) is 0 Å². The second-order valence-corrected chi connectivity index (χ2v) is 4.78. The number of hydrogen-bond acceptors (Lipinski definition) is 1. The van der Waals surface area contributed by atoms with E-state index in [0.717, 1.165) is 0 Å². The molecule has 0 saturated carbocycles. The van der Waals surface area contributed by atoms with Crippen LogP contribution >= 0.6 is 0 Å². The molecule has 0 spiro atoms. The maximum Gasteiger partial charge on any atom is 0.00587 e. The molecule has 13 heavy (non-hydrogen) atoms. The predicted octanol–water partition coefficient (Wildman–Crippen LogP) is 2.97. The maximum absolute atomic E-state index is 2.25. The molecule has 0 heterocycles. The summed E-state index contributed by atoms with van der Waals surface area (Å²) in [6.07, 6.45) is 8.76. The van der Waals surface area contributed by atoms with Crippen molar-refractivity contribution in [3.8, 4) is 0 Å². The van der Waals surface area contributed by atoms with Crippen LogP contribution in [-0.2, 0) is 0 Å². The van der Waals surface area contributed by atoms with Crippen LogP contribution in [0, 0.1) is 5.41 Å². The molecule has 0 amide bonds. The first-order valence-electron chi connectivity index (χ1n) is 4.68. The van der Waals surface area contributed by atoms with Crippen LogP contribution in [0.3, 0.4) is 0 Å². The van der Waals surface area contributed by atoms with Crippen molar-refractivity contribution in [1.82, 2.24) is 4.90 Å². The molecule has 1 rings (SSSR count). The first-order valence-corrected chi connectivity index (χ1v) is 4.68. The molecule has 1 aliphatic rings. The molecule has 0 saturated heterocycles. The average molecular weight is 177 g/mol. The van der Waals surface area contributed by atoms with Crippen molar-refractivity contribution in [1.29, 1.82) is 0 Å². The highest BCUT2D eigenvalue weighted by atomic mass is 15.0. The van der Waals surface area contributed by atoms with E-state index in [2.05, 4.69) is 50.1 Å². The molecule has 72 valence electrons. The van der Waals surface area contributed by atoms with E-state index in [1.807, 2.05) is 14.1 Å². The predicted molar refractivity (Wildman–Crippen MR) is 58.4 cm³/mol. The highest BCUT2D eigenvalue weighted by Gasteiger charge is 2.17. The third kappa shape index (κ3) is 2.76. The lowest BCUT2D eigenvalue weighted by Gasteiger charge is -2.18. The summed E-state index contributed by atoms with van der Waals surface area (Å²) in [6, 6.07) is 0. The van der Waals surface area contributed by atoms with Gasteiger partial charge in [-0.2, -0.15) is 0 Å². The van der Waals surface area contributed by atoms with Crippen LogP contribution in [-0.4, -0.2) is 19.0 Å². The summed E-state index contributed by atoms with van der Waals surface area (Å²) in [5, 5.41) is 0. The van der Waals surface area contributed by atoms with Gasteiger partial charge in [0, 0.05) is 20.3 Å². The van der Waals surface area contributed by atoms with Crippen molar-refractivity contribution < 1.29 is 0 Å². The van der Waals surface area contributed by atoms with Crippen LogP contribution in [0.25, 0.3) is 0 Å². The van der Waals surface area contributed by atoms with Gasteiger partial charge in [0.1, 0.15) is 0 Å². The van der Waals surface area contributed by atoms with Gasteiger partial charge in [-0.1, -0.05) is 32.9 Å². The fourth-order valence-electron chi connectivity index (χ4n) is 1.31. The Bertz CT molecular complexity index is 272. The van der Waals surface area contributed by atoms with Crippen molar-refractivity contribution in [3.05, 3.63) is 35.6 Å². The molecule has 0 aromatic carbocycles. The minimum atomic E-state index is 0.262. The van der Waals surface area contributed by atoms with Crippen molar-refractivity contribution in [2.45, 2.75) is 20.8 Å². The molecule has 0 aromatic rings. The van der Waals surface area contributed by atoms with Crippen LogP contribution in [0.2, 0.25) is 0 Å². The molecule has 0 bridgehead atoms. The van der Waals surface area contributed by atoms with E-state index in [4.69, 9.17) is 0 Å². The molecule has 0 fully saturated rings. The molecule has 1 nitrogen and oxygen atoms in total. The summed E-state index contributed by atoms with van der Waals surface area (Å²) >= 11 is 0. The van der Waals surface area contributed by atoms with Gasteiger partial charge in [0.2, 0.25) is 0 Å². The van der Waals surface area contributed by atoms with Gasteiger partial charge in [-0.15, -0.1) is 0 Å². The summed E-state index contributed by atoms with van der Waals surface area (Å²) in [5.41, 5.74) is 2.95. The monoisotopic (exact) mass is 177 g/mol. The molecule has 0 unspecified atom stereocenters. The normalized spacial score (nSPS) is 19.5. The fraction of sp³-hybridized carbons (Fsp3) is 0.500. The lowest BCUT2D eigenvalue weighted by Crippen LogP contribution is -2.06. The van der Waals surface area contributed by atoms with Crippen LogP contribution in [0.15, 0.2) is 35.6 Å². The number of allylic oxidation sites excluding steroid dienone is 5.